The van der Waals surface area contributed by atoms with E-state index in [1.54, 1.807) is 7.11 Å². The molecule has 1 atom stereocenters. The molecule has 100 valence electrons. The van der Waals surface area contributed by atoms with Crippen molar-refractivity contribution in [1.29, 1.82) is 0 Å². The van der Waals surface area contributed by atoms with Crippen molar-refractivity contribution in [2.45, 2.75) is 18.9 Å². The number of aliphatic carboxylic acids is 1. The highest BCUT2D eigenvalue weighted by Gasteiger charge is 2.24. The van der Waals surface area contributed by atoms with Crippen LogP contribution in [0, 0.1) is 0 Å². The number of nitrogens with one attached hydrogen (secondary N) is 1. The minimum absolute atomic E-state index is 0.0665. The van der Waals surface area contributed by atoms with E-state index in [1.165, 1.54) is 18.7 Å². The number of carboxylic acids is 1. The van der Waals surface area contributed by atoms with Crippen LogP contribution in [-0.2, 0) is 14.3 Å². The maximum Gasteiger partial charge on any atom is 0.306 e. The van der Waals surface area contributed by atoms with Gasteiger partial charge >= 0.3 is 5.97 Å². The van der Waals surface area contributed by atoms with Gasteiger partial charge in [0.15, 0.2) is 0 Å². The number of carboxylic acid groups (broad SMARTS) is 1. The predicted molar refractivity (Wildman–Crippen MR) is 65.1 cm³/mol. The first-order valence-corrected chi connectivity index (χ1v) is 6.30. The van der Waals surface area contributed by atoms with Crippen molar-refractivity contribution in [3.63, 3.8) is 0 Å². The molecule has 0 radical (unpaired) electrons. The summed E-state index contributed by atoms with van der Waals surface area (Å²) >= 11 is 1.42. The van der Waals surface area contributed by atoms with Gasteiger partial charge in [0, 0.05) is 19.4 Å². The molecular weight excluding hydrogens is 246 g/mol. The number of rotatable bonds is 9. The molecule has 0 aromatic carbocycles. The van der Waals surface area contributed by atoms with Gasteiger partial charge in [-0.25, -0.2) is 0 Å². The average Bonchev–Trinajstić information content (AvgIpc) is 2.20. The highest BCUT2D eigenvalue weighted by molar-refractivity contribution is 7.99. The van der Waals surface area contributed by atoms with E-state index in [1.807, 2.05) is 0 Å². The molecule has 0 aliphatic heterocycles. The summed E-state index contributed by atoms with van der Waals surface area (Å²) in [7, 11) is 1.59. The monoisotopic (exact) mass is 265 g/mol. The first-order valence-electron chi connectivity index (χ1n) is 5.15. The molecule has 3 N–H and O–H groups in total. The van der Waals surface area contributed by atoms with Gasteiger partial charge in [0.1, 0.15) is 0 Å². The number of thioether (sulfide) groups is 1. The van der Waals surface area contributed by atoms with Gasteiger partial charge in [-0.2, -0.15) is 0 Å². The number of hydrogen-bond donors (Lipinski definition) is 3. The number of methoxy groups -OCH3 is 1. The van der Waals surface area contributed by atoms with E-state index in [0.717, 1.165) is 5.75 Å². The Morgan fingerprint density at radius 3 is 2.65 bits per heavy atom. The van der Waals surface area contributed by atoms with Crippen molar-refractivity contribution < 1.29 is 24.5 Å². The molecule has 0 saturated heterocycles. The Kier molecular flexibility index (Phi) is 7.94. The third kappa shape index (κ3) is 10.1. The molecule has 0 bridgehead atoms. The summed E-state index contributed by atoms with van der Waals surface area (Å²) in [5, 5.41) is 20.6. The fourth-order valence-electron chi connectivity index (χ4n) is 1.04. The first kappa shape index (κ1) is 16.2. The zero-order valence-electron chi connectivity index (χ0n) is 10.1. The van der Waals surface area contributed by atoms with Gasteiger partial charge in [0.25, 0.3) is 0 Å². The summed E-state index contributed by atoms with van der Waals surface area (Å²) in [6.07, 6.45) is -0.399. The largest absolute Gasteiger partial charge is 0.481 e. The number of amides is 1. The molecule has 0 aromatic rings. The molecule has 7 heteroatoms. The lowest BCUT2D eigenvalue weighted by molar-refractivity contribution is -0.142. The Balaban J connectivity index is 3.71. The fourth-order valence-corrected chi connectivity index (χ4v) is 1.75. The molecule has 17 heavy (non-hydrogen) atoms. The van der Waals surface area contributed by atoms with Crippen LogP contribution in [-0.4, -0.2) is 59.5 Å². The molecule has 0 rings (SSSR count). The first-order chi connectivity index (χ1) is 7.87. The van der Waals surface area contributed by atoms with Crippen LogP contribution in [0.4, 0.5) is 0 Å². The predicted octanol–water partition coefficient (Wildman–Crippen LogP) is -0.292. The van der Waals surface area contributed by atoms with Gasteiger partial charge in [-0.3, -0.25) is 9.59 Å². The number of hydrogen-bond acceptors (Lipinski definition) is 5. The van der Waals surface area contributed by atoms with Gasteiger partial charge in [0.2, 0.25) is 5.91 Å². The number of aliphatic hydroxyl groups is 1. The van der Waals surface area contributed by atoms with Crippen molar-refractivity contribution in [1.82, 2.24) is 5.32 Å². The third-order valence-electron chi connectivity index (χ3n) is 1.86. The maximum atomic E-state index is 11.3. The van der Waals surface area contributed by atoms with Crippen LogP contribution in [0.5, 0.6) is 0 Å². The van der Waals surface area contributed by atoms with E-state index in [-0.39, 0.29) is 18.2 Å². The lowest BCUT2D eigenvalue weighted by Gasteiger charge is -2.21. The molecule has 1 amide bonds. The lowest BCUT2D eigenvalue weighted by atomic mass is 10.0. The molecule has 0 aliphatic carbocycles. The molecule has 0 saturated carbocycles. The summed E-state index contributed by atoms with van der Waals surface area (Å²) < 4.78 is 4.82. The van der Waals surface area contributed by atoms with Crippen molar-refractivity contribution in [3.05, 3.63) is 0 Å². The highest BCUT2D eigenvalue weighted by Crippen LogP contribution is 2.07. The van der Waals surface area contributed by atoms with Crippen LogP contribution in [0.15, 0.2) is 0 Å². The standard InChI is InChI=1S/C10H19NO5S/c1-10(15,5-9(13)14)7-11-8(12)6-17-4-3-16-2/h15H,3-7H2,1-2H3,(H,11,12)(H,13,14). The second-order valence-electron chi connectivity index (χ2n) is 3.89. The molecule has 0 aromatic heterocycles. The van der Waals surface area contributed by atoms with Crippen molar-refractivity contribution in [2.75, 3.05) is 31.8 Å². The summed E-state index contributed by atoms with van der Waals surface area (Å²) in [6.45, 7) is 1.89. The van der Waals surface area contributed by atoms with E-state index < -0.39 is 18.0 Å². The van der Waals surface area contributed by atoms with Crippen LogP contribution < -0.4 is 5.32 Å². The van der Waals surface area contributed by atoms with Crippen LogP contribution >= 0.6 is 11.8 Å². The Morgan fingerprint density at radius 1 is 1.47 bits per heavy atom. The Morgan fingerprint density at radius 2 is 2.12 bits per heavy atom. The number of carbonyl (C=O) groups excluding carboxylic acids is 1. The Bertz CT molecular complexity index is 257. The van der Waals surface area contributed by atoms with Crippen molar-refractivity contribution >= 4 is 23.6 Å². The SMILES string of the molecule is COCCSCC(=O)NCC(C)(O)CC(=O)O. The smallest absolute Gasteiger partial charge is 0.306 e. The van der Waals surface area contributed by atoms with Crippen LogP contribution in [0.2, 0.25) is 0 Å². The van der Waals surface area contributed by atoms with Gasteiger partial charge in [-0.05, 0) is 6.92 Å². The van der Waals surface area contributed by atoms with Crippen molar-refractivity contribution in [3.8, 4) is 0 Å². The molecule has 1 unspecified atom stereocenters. The molecule has 0 fully saturated rings. The van der Waals surface area contributed by atoms with E-state index in [0.29, 0.717) is 6.61 Å². The molecule has 6 nitrogen and oxygen atoms in total. The molecular formula is C10H19NO5S. The molecule has 0 heterocycles. The zero-order chi connectivity index (χ0) is 13.3. The van der Waals surface area contributed by atoms with Gasteiger partial charge < -0.3 is 20.3 Å². The second kappa shape index (κ2) is 8.32. The topological polar surface area (TPSA) is 95.9 Å². The van der Waals surface area contributed by atoms with Crippen LogP contribution in [0.3, 0.4) is 0 Å². The number of carbonyl (C=O) groups is 2. The fraction of sp³-hybridized carbons (Fsp3) is 0.800. The molecule has 0 aliphatic rings. The van der Waals surface area contributed by atoms with Crippen LogP contribution in [0.1, 0.15) is 13.3 Å². The lowest BCUT2D eigenvalue weighted by Crippen LogP contribution is -2.42. The summed E-state index contributed by atoms with van der Waals surface area (Å²) in [4.78, 5) is 21.7. The average molecular weight is 265 g/mol. The van der Waals surface area contributed by atoms with Crippen molar-refractivity contribution in [2.24, 2.45) is 0 Å². The Labute approximate surface area is 105 Å². The van der Waals surface area contributed by atoms with E-state index in [2.05, 4.69) is 5.32 Å². The Hall–Kier alpha value is -0.790. The summed E-state index contributed by atoms with van der Waals surface area (Å²) in [5.41, 5.74) is -1.42. The summed E-state index contributed by atoms with van der Waals surface area (Å²) in [5.74, 6) is -0.336. The number of ether oxygens (including phenoxy) is 1. The minimum atomic E-state index is -1.42. The van der Waals surface area contributed by atoms with Gasteiger partial charge in [-0.1, -0.05) is 0 Å². The third-order valence-corrected chi connectivity index (χ3v) is 2.79. The molecule has 0 spiro atoms. The minimum Gasteiger partial charge on any atom is -0.481 e. The van der Waals surface area contributed by atoms with Gasteiger partial charge in [-0.15, -0.1) is 11.8 Å². The summed E-state index contributed by atoms with van der Waals surface area (Å²) in [6, 6.07) is 0. The highest BCUT2D eigenvalue weighted by atomic mass is 32.2. The normalized spacial score (nSPS) is 14.1. The zero-order valence-corrected chi connectivity index (χ0v) is 10.9. The quantitative estimate of drug-likeness (QED) is 0.496. The van der Waals surface area contributed by atoms with Gasteiger partial charge in [0.05, 0.1) is 24.4 Å². The second-order valence-corrected chi connectivity index (χ2v) is 4.99. The van der Waals surface area contributed by atoms with E-state index in [4.69, 9.17) is 9.84 Å². The van der Waals surface area contributed by atoms with E-state index >= 15 is 0 Å². The van der Waals surface area contributed by atoms with Crippen LogP contribution in [0.25, 0.3) is 0 Å². The maximum absolute atomic E-state index is 11.3. The van der Waals surface area contributed by atoms with E-state index in [9.17, 15) is 14.7 Å².